The van der Waals surface area contributed by atoms with E-state index in [1.807, 2.05) is 18.2 Å². The van der Waals surface area contributed by atoms with Crippen molar-refractivity contribution in [1.29, 1.82) is 0 Å². The van der Waals surface area contributed by atoms with Crippen LogP contribution < -0.4 is 15.6 Å². The molecule has 2 aromatic rings. The maximum Gasteiger partial charge on any atom is 0.472 e. The SMILES string of the molecule is O=C(COc1ccc2cc(Br)ccc2c1Br)NNC(=O)C(F)(F)F. The van der Waals surface area contributed by atoms with Gasteiger partial charge in [-0.05, 0) is 44.9 Å². The average Bonchev–Trinajstić information content (AvgIpc) is 2.50. The number of hydrogen-bond acceptors (Lipinski definition) is 3. The minimum Gasteiger partial charge on any atom is -0.483 e. The van der Waals surface area contributed by atoms with Gasteiger partial charge in [0.05, 0.1) is 4.47 Å². The van der Waals surface area contributed by atoms with Crippen molar-refractivity contribution >= 4 is 54.4 Å². The lowest BCUT2D eigenvalue weighted by Crippen LogP contribution is -2.49. The number of halogens is 5. The number of benzene rings is 2. The van der Waals surface area contributed by atoms with E-state index in [2.05, 4.69) is 31.9 Å². The zero-order chi connectivity index (χ0) is 17.9. The number of alkyl halides is 3. The van der Waals surface area contributed by atoms with Crippen LogP contribution in [0.5, 0.6) is 5.75 Å². The summed E-state index contributed by atoms with van der Waals surface area (Å²) in [6.45, 7) is -0.571. The van der Waals surface area contributed by atoms with Crippen molar-refractivity contribution in [2.75, 3.05) is 6.61 Å². The summed E-state index contributed by atoms with van der Waals surface area (Å²) in [5.41, 5.74) is 2.87. The molecule has 0 saturated heterocycles. The Morgan fingerprint density at radius 2 is 1.79 bits per heavy atom. The highest BCUT2D eigenvalue weighted by atomic mass is 79.9. The Morgan fingerprint density at radius 1 is 1.08 bits per heavy atom. The van der Waals surface area contributed by atoms with E-state index in [1.165, 1.54) is 5.43 Å². The van der Waals surface area contributed by atoms with E-state index < -0.39 is 24.6 Å². The maximum atomic E-state index is 12.0. The predicted molar refractivity (Wildman–Crippen MR) is 87.2 cm³/mol. The van der Waals surface area contributed by atoms with E-state index in [1.54, 1.807) is 17.6 Å². The molecule has 0 aliphatic heterocycles. The predicted octanol–water partition coefficient (Wildman–Crippen LogP) is 3.45. The Bertz CT molecular complexity index is 797. The average molecular weight is 470 g/mol. The van der Waals surface area contributed by atoms with Gasteiger partial charge in [-0.15, -0.1) is 0 Å². The molecule has 128 valence electrons. The van der Waals surface area contributed by atoms with Gasteiger partial charge in [0, 0.05) is 4.47 Å². The summed E-state index contributed by atoms with van der Waals surface area (Å²) >= 11 is 6.71. The van der Waals surface area contributed by atoms with E-state index in [0.717, 1.165) is 15.2 Å². The van der Waals surface area contributed by atoms with E-state index in [0.29, 0.717) is 10.2 Å². The van der Waals surface area contributed by atoms with Crippen molar-refractivity contribution in [3.63, 3.8) is 0 Å². The molecule has 0 aromatic heterocycles. The van der Waals surface area contributed by atoms with Gasteiger partial charge >= 0.3 is 12.1 Å². The second-order valence-corrected chi connectivity index (χ2v) is 6.24. The highest BCUT2D eigenvalue weighted by molar-refractivity contribution is 9.11. The highest BCUT2D eigenvalue weighted by Crippen LogP contribution is 2.34. The van der Waals surface area contributed by atoms with Crippen molar-refractivity contribution in [3.8, 4) is 5.75 Å². The number of fused-ring (bicyclic) bond motifs is 1. The number of hydrogen-bond donors (Lipinski definition) is 2. The fourth-order valence-electron chi connectivity index (χ4n) is 1.73. The third kappa shape index (κ3) is 4.60. The molecule has 0 bridgehead atoms. The summed E-state index contributed by atoms with van der Waals surface area (Å²) in [6.07, 6.45) is -5.08. The second kappa shape index (κ2) is 7.39. The normalized spacial score (nSPS) is 11.2. The second-order valence-electron chi connectivity index (χ2n) is 4.53. The number of carbonyl (C=O) groups is 2. The molecular weight excluding hydrogens is 461 g/mol. The first-order chi connectivity index (χ1) is 11.2. The van der Waals surface area contributed by atoms with Gasteiger partial charge in [0.1, 0.15) is 5.75 Å². The molecule has 0 fully saturated rings. The lowest BCUT2D eigenvalue weighted by atomic mass is 10.1. The van der Waals surface area contributed by atoms with Gasteiger partial charge in [0.15, 0.2) is 6.61 Å². The van der Waals surface area contributed by atoms with Crippen molar-refractivity contribution < 1.29 is 27.5 Å². The van der Waals surface area contributed by atoms with Gasteiger partial charge in [-0.2, -0.15) is 13.2 Å². The van der Waals surface area contributed by atoms with Crippen LogP contribution in [0.15, 0.2) is 39.3 Å². The first-order valence-corrected chi connectivity index (χ1v) is 7.93. The molecular formula is C14H9Br2F3N2O3. The number of rotatable bonds is 3. The third-order valence-electron chi connectivity index (χ3n) is 2.81. The van der Waals surface area contributed by atoms with Crippen molar-refractivity contribution in [1.82, 2.24) is 10.9 Å². The van der Waals surface area contributed by atoms with E-state index in [4.69, 9.17) is 4.74 Å². The summed E-state index contributed by atoms with van der Waals surface area (Å²) < 4.78 is 42.7. The molecule has 24 heavy (non-hydrogen) atoms. The molecule has 10 heteroatoms. The topological polar surface area (TPSA) is 67.4 Å². The van der Waals surface area contributed by atoms with Crippen LogP contribution >= 0.6 is 31.9 Å². The summed E-state index contributed by atoms with van der Waals surface area (Å²) in [5.74, 6) is -2.87. The molecule has 5 nitrogen and oxygen atoms in total. The fraction of sp³-hybridized carbons (Fsp3) is 0.143. The third-order valence-corrected chi connectivity index (χ3v) is 4.12. The van der Waals surface area contributed by atoms with Gasteiger partial charge in [0.2, 0.25) is 0 Å². The zero-order valence-corrected chi connectivity index (χ0v) is 14.9. The van der Waals surface area contributed by atoms with Crippen LogP contribution in [0.2, 0.25) is 0 Å². The molecule has 0 unspecified atom stereocenters. The Labute approximate surface area is 150 Å². The molecule has 0 heterocycles. The number of carbonyl (C=O) groups excluding carboxylic acids is 2. The van der Waals surface area contributed by atoms with E-state index in [-0.39, 0.29) is 0 Å². The number of nitrogens with one attached hydrogen (secondary N) is 2. The Morgan fingerprint density at radius 3 is 2.46 bits per heavy atom. The standard InChI is InChI=1S/C14H9Br2F3N2O3/c15-8-2-3-9-7(5-8)1-4-10(12(9)16)24-6-11(22)20-21-13(23)14(17,18)19/h1-5H,6H2,(H,20,22)(H,21,23). The van der Waals surface area contributed by atoms with Crippen molar-refractivity contribution in [3.05, 3.63) is 39.3 Å². The number of hydrazine groups is 1. The smallest absolute Gasteiger partial charge is 0.472 e. The van der Waals surface area contributed by atoms with E-state index >= 15 is 0 Å². The molecule has 2 amide bonds. The van der Waals surface area contributed by atoms with Crippen LogP contribution in [0.3, 0.4) is 0 Å². The van der Waals surface area contributed by atoms with Crippen LogP contribution in [-0.4, -0.2) is 24.6 Å². The number of ether oxygens (including phenoxy) is 1. The Hall–Kier alpha value is -1.81. The molecule has 2 aromatic carbocycles. The molecule has 0 aliphatic rings. The van der Waals surface area contributed by atoms with Gasteiger partial charge in [-0.1, -0.05) is 28.1 Å². The van der Waals surface area contributed by atoms with Crippen LogP contribution in [0.1, 0.15) is 0 Å². The molecule has 0 atom stereocenters. The van der Waals surface area contributed by atoms with Crippen molar-refractivity contribution in [2.24, 2.45) is 0 Å². The molecule has 0 saturated carbocycles. The lowest BCUT2D eigenvalue weighted by Gasteiger charge is -2.12. The Kier molecular flexibility index (Phi) is 5.70. The zero-order valence-electron chi connectivity index (χ0n) is 11.7. The lowest BCUT2D eigenvalue weighted by molar-refractivity contribution is -0.175. The summed E-state index contributed by atoms with van der Waals surface area (Å²) in [4.78, 5) is 22.0. The van der Waals surface area contributed by atoms with Crippen molar-refractivity contribution in [2.45, 2.75) is 6.18 Å². The molecule has 0 spiro atoms. The highest BCUT2D eigenvalue weighted by Gasteiger charge is 2.38. The van der Waals surface area contributed by atoms with Crippen LogP contribution in [-0.2, 0) is 9.59 Å². The fourth-order valence-corrected chi connectivity index (χ4v) is 2.72. The minimum atomic E-state index is -5.08. The van der Waals surface area contributed by atoms with Gasteiger partial charge < -0.3 is 4.74 Å². The molecule has 2 N–H and O–H groups in total. The first kappa shape index (κ1) is 18.5. The van der Waals surface area contributed by atoms with Crippen LogP contribution in [0, 0.1) is 0 Å². The minimum absolute atomic E-state index is 0.335. The monoisotopic (exact) mass is 468 g/mol. The quantitative estimate of drug-likeness (QED) is 0.676. The summed E-state index contributed by atoms with van der Waals surface area (Å²) in [7, 11) is 0. The summed E-state index contributed by atoms with van der Waals surface area (Å²) in [6, 6.07) is 8.93. The molecule has 0 aliphatic carbocycles. The summed E-state index contributed by atoms with van der Waals surface area (Å²) in [5, 5.41) is 1.76. The molecule has 0 radical (unpaired) electrons. The van der Waals surface area contributed by atoms with E-state index in [9.17, 15) is 22.8 Å². The van der Waals surface area contributed by atoms with Crippen LogP contribution in [0.4, 0.5) is 13.2 Å². The first-order valence-electron chi connectivity index (χ1n) is 6.35. The van der Waals surface area contributed by atoms with Gasteiger partial charge in [-0.3, -0.25) is 20.4 Å². The largest absolute Gasteiger partial charge is 0.483 e. The van der Waals surface area contributed by atoms with Gasteiger partial charge in [-0.25, -0.2) is 0 Å². The Balaban J connectivity index is 1.98. The van der Waals surface area contributed by atoms with Gasteiger partial charge in [0.25, 0.3) is 5.91 Å². The maximum absolute atomic E-state index is 12.0. The number of amides is 2. The molecule has 2 rings (SSSR count). The van der Waals surface area contributed by atoms with Crippen LogP contribution in [0.25, 0.3) is 10.8 Å².